The fourth-order valence-electron chi connectivity index (χ4n) is 1.77. The molecule has 0 aliphatic carbocycles. The molecule has 0 spiro atoms. The molecule has 0 aromatic carbocycles. The fourth-order valence-corrected chi connectivity index (χ4v) is 3.44. The third-order valence-corrected chi connectivity index (χ3v) is 4.41. The van der Waals surface area contributed by atoms with Gasteiger partial charge < -0.3 is 10.4 Å². The Morgan fingerprint density at radius 2 is 1.88 bits per heavy atom. The Kier molecular flexibility index (Phi) is 4.92. The molecule has 2 N–H and O–H groups in total. The molecule has 0 radical (unpaired) electrons. The zero-order chi connectivity index (χ0) is 12.9. The van der Waals surface area contributed by atoms with Crippen molar-refractivity contribution in [3.05, 3.63) is 0 Å². The van der Waals surface area contributed by atoms with Crippen molar-refractivity contribution in [3.8, 4) is 0 Å². The highest BCUT2D eigenvalue weighted by molar-refractivity contribution is 7.91. The van der Waals surface area contributed by atoms with Crippen LogP contribution in [0.3, 0.4) is 0 Å². The number of hydrogen-bond donors (Lipinski definition) is 2. The maximum Gasteiger partial charge on any atom is 0.303 e. The number of unbranched alkanes of at least 4 members (excludes halogenated alkanes) is 1. The number of aliphatic carboxylic acids is 1. The van der Waals surface area contributed by atoms with Gasteiger partial charge in [0.25, 0.3) is 0 Å². The molecular formula is C10H17NO5S. The second-order valence-corrected chi connectivity index (χ2v) is 6.50. The van der Waals surface area contributed by atoms with E-state index in [2.05, 4.69) is 5.32 Å². The molecule has 1 saturated heterocycles. The largest absolute Gasteiger partial charge is 0.481 e. The summed E-state index contributed by atoms with van der Waals surface area (Å²) in [4.78, 5) is 21.6. The van der Waals surface area contributed by atoms with Gasteiger partial charge in [-0.1, -0.05) is 0 Å². The number of carbonyl (C=O) groups excluding carboxylic acids is 1. The van der Waals surface area contributed by atoms with Crippen LogP contribution in [0.1, 0.15) is 32.1 Å². The number of sulfone groups is 1. The Hall–Kier alpha value is -1.11. The van der Waals surface area contributed by atoms with Gasteiger partial charge in [-0.2, -0.15) is 0 Å². The van der Waals surface area contributed by atoms with Gasteiger partial charge >= 0.3 is 5.97 Å². The summed E-state index contributed by atoms with van der Waals surface area (Å²) in [5.74, 6) is -0.907. The van der Waals surface area contributed by atoms with E-state index < -0.39 is 15.8 Å². The van der Waals surface area contributed by atoms with Crippen LogP contribution < -0.4 is 5.32 Å². The number of nitrogens with one attached hydrogen (secondary N) is 1. The first-order valence-electron chi connectivity index (χ1n) is 5.60. The van der Waals surface area contributed by atoms with Gasteiger partial charge in [-0.15, -0.1) is 0 Å². The van der Waals surface area contributed by atoms with Crippen LogP contribution in [0.2, 0.25) is 0 Å². The molecular weight excluding hydrogens is 246 g/mol. The van der Waals surface area contributed by atoms with Gasteiger partial charge in [-0.3, -0.25) is 9.59 Å². The molecule has 1 atom stereocenters. The molecule has 1 fully saturated rings. The number of carbonyl (C=O) groups is 2. The van der Waals surface area contributed by atoms with Crippen molar-refractivity contribution < 1.29 is 23.1 Å². The van der Waals surface area contributed by atoms with E-state index in [4.69, 9.17) is 5.11 Å². The summed E-state index contributed by atoms with van der Waals surface area (Å²) in [7, 11) is -2.97. The number of rotatable bonds is 6. The van der Waals surface area contributed by atoms with Crippen LogP contribution in [0.4, 0.5) is 0 Å². The van der Waals surface area contributed by atoms with Crippen molar-refractivity contribution in [1.82, 2.24) is 5.32 Å². The predicted octanol–water partition coefficient (Wildman–Crippen LogP) is -0.0653. The Balaban J connectivity index is 2.16. The first-order valence-corrected chi connectivity index (χ1v) is 7.43. The van der Waals surface area contributed by atoms with E-state index in [9.17, 15) is 18.0 Å². The van der Waals surface area contributed by atoms with Crippen LogP contribution in [-0.2, 0) is 19.4 Å². The van der Waals surface area contributed by atoms with Gasteiger partial charge in [0.15, 0.2) is 9.84 Å². The van der Waals surface area contributed by atoms with Crippen LogP contribution in [0.15, 0.2) is 0 Å². The van der Waals surface area contributed by atoms with Crippen molar-refractivity contribution >= 4 is 21.7 Å². The summed E-state index contributed by atoms with van der Waals surface area (Å²) in [6.45, 7) is 0. The lowest BCUT2D eigenvalue weighted by Crippen LogP contribution is -2.35. The molecule has 1 unspecified atom stereocenters. The van der Waals surface area contributed by atoms with Crippen molar-refractivity contribution in [2.24, 2.45) is 0 Å². The smallest absolute Gasteiger partial charge is 0.303 e. The lowest BCUT2D eigenvalue weighted by atomic mass is 10.1. The molecule has 0 saturated carbocycles. The van der Waals surface area contributed by atoms with Crippen LogP contribution in [0.25, 0.3) is 0 Å². The second kappa shape index (κ2) is 6.00. The Labute approximate surface area is 100 Å². The van der Waals surface area contributed by atoms with E-state index >= 15 is 0 Å². The molecule has 1 rings (SSSR count). The molecule has 17 heavy (non-hydrogen) atoms. The Morgan fingerprint density at radius 3 is 2.41 bits per heavy atom. The predicted molar refractivity (Wildman–Crippen MR) is 61.3 cm³/mol. The quantitative estimate of drug-likeness (QED) is 0.654. The summed E-state index contributed by atoms with van der Waals surface area (Å²) < 4.78 is 22.3. The maximum absolute atomic E-state index is 11.4. The summed E-state index contributed by atoms with van der Waals surface area (Å²) in [6, 6.07) is -0.271. The molecule has 7 heteroatoms. The van der Waals surface area contributed by atoms with Crippen molar-refractivity contribution in [3.63, 3.8) is 0 Å². The highest BCUT2D eigenvalue weighted by atomic mass is 32.2. The third kappa shape index (κ3) is 5.67. The standard InChI is InChI=1S/C10H17NO5S/c12-9(3-1-2-4-10(13)14)11-8-5-6-17(15,16)7-8/h8H,1-7H2,(H,11,12)(H,13,14). The highest BCUT2D eigenvalue weighted by Crippen LogP contribution is 2.11. The number of amides is 1. The first kappa shape index (κ1) is 14.0. The molecule has 0 aromatic heterocycles. The van der Waals surface area contributed by atoms with Gasteiger partial charge in [-0.05, 0) is 19.3 Å². The van der Waals surface area contributed by atoms with Gasteiger partial charge in [-0.25, -0.2) is 8.42 Å². The van der Waals surface area contributed by atoms with Crippen molar-refractivity contribution in [2.45, 2.75) is 38.1 Å². The molecule has 0 aromatic rings. The van der Waals surface area contributed by atoms with E-state index in [1.165, 1.54) is 0 Å². The van der Waals surface area contributed by atoms with Crippen LogP contribution in [-0.4, -0.2) is 42.9 Å². The van der Waals surface area contributed by atoms with Gasteiger partial charge in [0.2, 0.25) is 5.91 Å². The molecule has 1 aliphatic rings. The number of carboxylic acids is 1. The third-order valence-electron chi connectivity index (χ3n) is 2.64. The van der Waals surface area contributed by atoms with Crippen LogP contribution in [0, 0.1) is 0 Å². The zero-order valence-electron chi connectivity index (χ0n) is 9.52. The van der Waals surface area contributed by atoms with Crippen LogP contribution in [0.5, 0.6) is 0 Å². The average molecular weight is 263 g/mol. The van der Waals surface area contributed by atoms with E-state index in [1.54, 1.807) is 0 Å². The number of carboxylic acid groups (broad SMARTS) is 1. The topological polar surface area (TPSA) is 101 Å². The summed E-state index contributed by atoms with van der Waals surface area (Å²) in [5.41, 5.74) is 0. The van der Waals surface area contributed by atoms with Crippen molar-refractivity contribution in [2.75, 3.05) is 11.5 Å². The van der Waals surface area contributed by atoms with Gasteiger partial charge in [0.05, 0.1) is 11.5 Å². The SMILES string of the molecule is O=C(O)CCCCC(=O)NC1CCS(=O)(=O)C1. The molecule has 1 amide bonds. The van der Waals surface area contributed by atoms with E-state index in [0.717, 1.165) is 0 Å². The molecule has 98 valence electrons. The van der Waals surface area contributed by atoms with E-state index in [-0.39, 0.29) is 36.3 Å². The van der Waals surface area contributed by atoms with Crippen LogP contribution >= 0.6 is 0 Å². The van der Waals surface area contributed by atoms with Gasteiger partial charge in [0.1, 0.15) is 0 Å². The minimum Gasteiger partial charge on any atom is -0.481 e. The highest BCUT2D eigenvalue weighted by Gasteiger charge is 2.28. The average Bonchev–Trinajstić information content (AvgIpc) is 2.52. The molecule has 0 bridgehead atoms. The Bertz CT molecular complexity index is 390. The minimum absolute atomic E-state index is 0.0217. The maximum atomic E-state index is 11.4. The Morgan fingerprint density at radius 1 is 1.24 bits per heavy atom. The summed E-state index contributed by atoms with van der Waals surface area (Å²) in [5, 5.41) is 11.1. The molecule has 6 nitrogen and oxygen atoms in total. The van der Waals surface area contributed by atoms with E-state index in [1.807, 2.05) is 0 Å². The molecule has 1 heterocycles. The second-order valence-electron chi connectivity index (χ2n) is 4.27. The summed E-state index contributed by atoms with van der Waals surface area (Å²) >= 11 is 0. The number of hydrogen-bond acceptors (Lipinski definition) is 4. The monoisotopic (exact) mass is 263 g/mol. The first-order chi connectivity index (χ1) is 7.89. The minimum atomic E-state index is -2.97. The fraction of sp³-hybridized carbons (Fsp3) is 0.800. The van der Waals surface area contributed by atoms with Crippen molar-refractivity contribution in [1.29, 1.82) is 0 Å². The lowest BCUT2D eigenvalue weighted by Gasteiger charge is -2.10. The zero-order valence-corrected chi connectivity index (χ0v) is 10.3. The lowest BCUT2D eigenvalue weighted by molar-refractivity contribution is -0.137. The normalized spacial score (nSPS) is 22.2. The van der Waals surface area contributed by atoms with Gasteiger partial charge in [0, 0.05) is 18.9 Å². The molecule has 1 aliphatic heterocycles. The van der Waals surface area contributed by atoms with E-state index in [0.29, 0.717) is 19.3 Å². The summed E-state index contributed by atoms with van der Waals surface area (Å²) in [6.07, 6.45) is 1.77.